The highest BCUT2D eigenvalue weighted by Gasteiger charge is 2.19. The van der Waals surface area contributed by atoms with Crippen LogP contribution in [-0.4, -0.2) is 19.4 Å². The first-order chi connectivity index (χ1) is 8.60. The Labute approximate surface area is 113 Å². The van der Waals surface area contributed by atoms with Crippen molar-refractivity contribution >= 4 is 21.8 Å². The van der Waals surface area contributed by atoms with Crippen molar-refractivity contribution in [3.05, 3.63) is 22.3 Å². The number of benzene rings is 1. The van der Waals surface area contributed by atoms with E-state index in [1.165, 1.54) is 0 Å². The van der Waals surface area contributed by atoms with Crippen LogP contribution in [0.3, 0.4) is 0 Å². The van der Waals surface area contributed by atoms with Crippen molar-refractivity contribution < 1.29 is 14.0 Å². The zero-order chi connectivity index (χ0) is 13.3. The van der Waals surface area contributed by atoms with Gasteiger partial charge in [0.25, 0.3) is 0 Å². The fourth-order valence-corrected chi connectivity index (χ4v) is 2.59. The summed E-state index contributed by atoms with van der Waals surface area (Å²) in [6.45, 7) is 1.91. The molecule has 0 atom stereocenters. The third kappa shape index (κ3) is 1.92. The minimum atomic E-state index is 0.254. The van der Waals surface area contributed by atoms with Crippen molar-refractivity contribution in [1.29, 1.82) is 0 Å². The van der Waals surface area contributed by atoms with Crippen LogP contribution in [0.5, 0.6) is 11.5 Å². The standard InChI is InChI=1S/C12H13BrN2O3/c1-6-10(16-2)7(4-9(13)11(6)17-3)8-5-15-18-12(8)14/h4-5H,14H2,1-3H3. The Morgan fingerprint density at radius 2 is 1.89 bits per heavy atom. The molecule has 2 aromatic rings. The normalized spacial score (nSPS) is 10.4. The molecule has 0 bridgehead atoms. The van der Waals surface area contributed by atoms with E-state index in [-0.39, 0.29) is 5.88 Å². The summed E-state index contributed by atoms with van der Waals surface area (Å²) in [6.07, 6.45) is 1.56. The number of methoxy groups -OCH3 is 2. The van der Waals surface area contributed by atoms with Crippen LogP contribution in [0.1, 0.15) is 5.56 Å². The lowest BCUT2D eigenvalue weighted by atomic mass is 10.0. The predicted molar refractivity (Wildman–Crippen MR) is 71.9 cm³/mol. The molecule has 1 heterocycles. The first-order valence-corrected chi connectivity index (χ1v) is 6.01. The minimum Gasteiger partial charge on any atom is -0.496 e. The lowest BCUT2D eigenvalue weighted by Crippen LogP contribution is -1.97. The summed E-state index contributed by atoms with van der Waals surface area (Å²) in [7, 11) is 3.21. The Balaban J connectivity index is 2.72. The summed E-state index contributed by atoms with van der Waals surface area (Å²) in [6, 6.07) is 1.87. The Bertz CT molecular complexity index is 581. The van der Waals surface area contributed by atoms with Gasteiger partial charge in [-0.1, -0.05) is 5.16 Å². The molecule has 0 aliphatic heterocycles. The third-order valence-electron chi connectivity index (χ3n) is 2.71. The van der Waals surface area contributed by atoms with Crippen LogP contribution in [0.15, 0.2) is 21.3 Å². The van der Waals surface area contributed by atoms with Gasteiger partial charge in [-0.2, -0.15) is 0 Å². The van der Waals surface area contributed by atoms with E-state index in [9.17, 15) is 0 Å². The Morgan fingerprint density at radius 3 is 2.39 bits per heavy atom. The molecular formula is C12H13BrN2O3. The van der Waals surface area contributed by atoms with E-state index in [0.717, 1.165) is 21.3 Å². The van der Waals surface area contributed by atoms with Gasteiger partial charge in [-0.25, -0.2) is 0 Å². The molecule has 0 unspecified atom stereocenters. The Hall–Kier alpha value is -1.69. The van der Waals surface area contributed by atoms with Gasteiger partial charge >= 0.3 is 0 Å². The zero-order valence-corrected chi connectivity index (χ0v) is 11.9. The second kappa shape index (κ2) is 4.89. The summed E-state index contributed by atoms with van der Waals surface area (Å²) in [5, 5.41) is 3.67. The van der Waals surface area contributed by atoms with Gasteiger partial charge in [0.15, 0.2) is 0 Å². The summed E-state index contributed by atoms with van der Waals surface area (Å²) in [5.41, 5.74) is 8.11. The van der Waals surface area contributed by atoms with Gasteiger partial charge in [0.2, 0.25) is 5.88 Å². The number of nitrogens with zero attached hydrogens (tertiary/aromatic N) is 1. The molecule has 96 valence electrons. The molecule has 2 N–H and O–H groups in total. The van der Waals surface area contributed by atoms with Gasteiger partial charge in [0.1, 0.15) is 11.5 Å². The van der Waals surface area contributed by atoms with Crippen LogP contribution in [-0.2, 0) is 0 Å². The van der Waals surface area contributed by atoms with Gasteiger partial charge in [-0.05, 0) is 28.9 Å². The van der Waals surface area contributed by atoms with Crippen LogP contribution in [0.4, 0.5) is 5.88 Å². The molecule has 0 saturated carbocycles. The smallest absolute Gasteiger partial charge is 0.230 e. The molecule has 5 nitrogen and oxygen atoms in total. The maximum absolute atomic E-state index is 5.74. The molecule has 0 fully saturated rings. The number of nitrogens with two attached hydrogens (primary N) is 1. The number of rotatable bonds is 3. The summed E-state index contributed by atoms with van der Waals surface area (Å²) in [4.78, 5) is 0. The number of nitrogen functional groups attached to an aromatic ring is 1. The van der Waals surface area contributed by atoms with Gasteiger partial charge in [0.05, 0.1) is 30.5 Å². The molecule has 0 aliphatic carbocycles. The van der Waals surface area contributed by atoms with Gasteiger partial charge in [-0.15, -0.1) is 0 Å². The van der Waals surface area contributed by atoms with E-state index in [4.69, 9.17) is 19.7 Å². The van der Waals surface area contributed by atoms with Crippen LogP contribution in [0.25, 0.3) is 11.1 Å². The van der Waals surface area contributed by atoms with Crippen LogP contribution in [0.2, 0.25) is 0 Å². The molecule has 6 heteroatoms. The topological polar surface area (TPSA) is 70.5 Å². The lowest BCUT2D eigenvalue weighted by Gasteiger charge is -2.15. The average Bonchev–Trinajstić information content (AvgIpc) is 2.75. The molecule has 0 spiro atoms. The second-order valence-electron chi connectivity index (χ2n) is 3.70. The van der Waals surface area contributed by atoms with Crippen LogP contribution in [0, 0.1) is 6.92 Å². The van der Waals surface area contributed by atoms with Crippen molar-refractivity contribution in [2.45, 2.75) is 6.92 Å². The Kier molecular flexibility index (Phi) is 3.47. The monoisotopic (exact) mass is 312 g/mol. The second-order valence-corrected chi connectivity index (χ2v) is 4.56. The zero-order valence-electron chi connectivity index (χ0n) is 10.3. The Morgan fingerprint density at radius 1 is 1.22 bits per heavy atom. The van der Waals surface area contributed by atoms with Gasteiger partial charge in [0, 0.05) is 11.1 Å². The van der Waals surface area contributed by atoms with E-state index < -0.39 is 0 Å². The summed E-state index contributed by atoms with van der Waals surface area (Å²) >= 11 is 3.46. The summed E-state index contributed by atoms with van der Waals surface area (Å²) in [5.74, 6) is 1.67. The molecular weight excluding hydrogens is 300 g/mol. The summed E-state index contributed by atoms with van der Waals surface area (Å²) < 4.78 is 16.4. The number of anilines is 1. The highest BCUT2D eigenvalue weighted by Crippen LogP contribution is 2.43. The third-order valence-corrected chi connectivity index (χ3v) is 3.30. The number of hydrogen-bond donors (Lipinski definition) is 1. The van der Waals surface area contributed by atoms with E-state index in [0.29, 0.717) is 11.3 Å². The maximum atomic E-state index is 5.74. The SMILES string of the molecule is COc1c(Br)cc(-c2cnoc2N)c(OC)c1C. The van der Waals surface area contributed by atoms with E-state index >= 15 is 0 Å². The van der Waals surface area contributed by atoms with E-state index in [1.807, 2.05) is 13.0 Å². The first kappa shape index (κ1) is 12.8. The average molecular weight is 313 g/mol. The minimum absolute atomic E-state index is 0.254. The van der Waals surface area contributed by atoms with Crippen molar-refractivity contribution in [1.82, 2.24) is 5.16 Å². The molecule has 1 aromatic carbocycles. The van der Waals surface area contributed by atoms with E-state index in [2.05, 4.69) is 21.1 Å². The number of ether oxygens (including phenoxy) is 2. The van der Waals surface area contributed by atoms with Crippen molar-refractivity contribution in [3.63, 3.8) is 0 Å². The molecule has 1 aromatic heterocycles. The first-order valence-electron chi connectivity index (χ1n) is 5.21. The fraction of sp³-hybridized carbons (Fsp3) is 0.250. The molecule has 0 aliphatic rings. The van der Waals surface area contributed by atoms with Crippen molar-refractivity contribution in [2.24, 2.45) is 0 Å². The van der Waals surface area contributed by atoms with Crippen LogP contribution >= 0.6 is 15.9 Å². The molecule has 0 saturated heterocycles. The number of aromatic nitrogens is 1. The number of hydrogen-bond acceptors (Lipinski definition) is 5. The highest BCUT2D eigenvalue weighted by atomic mass is 79.9. The fourth-order valence-electron chi connectivity index (χ4n) is 1.91. The highest BCUT2D eigenvalue weighted by molar-refractivity contribution is 9.10. The maximum Gasteiger partial charge on any atom is 0.230 e. The van der Waals surface area contributed by atoms with Crippen molar-refractivity contribution in [3.8, 4) is 22.6 Å². The largest absolute Gasteiger partial charge is 0.496 e. The molecule has 2 rings (SSSR count). The molecule has 0 radical (unpaired) electrons. The number of halogens is 1. The van der Waals surface area contributed by atoms with Gasteiger partial charge in [-0.3, -0.25) is 0 Å². The molecule has 18 heavy (non-hydrogen) atoms. The quantitative estimate of drug-likeness (QED) is 0.943. The van der Waals surface area contributed by atoms with Gasteiger partial charge < -0.3 is 19.7 Å². The lowest BCUT2D eigenvalue weighted by molar-refractivity contribution is 0.388. The molecule has 0 amide bonds. The van der Waals surface area contributed by atoms with Crippen LogP contribution < -0.4 is 15.2 Å². The van der Waals surface area contributed by atoms with Crippen molar-refractivity contribution in [2.75, 3.05) is 20.0 Å². The van der Waals surface area contributed by atoms with E-state index in [1.54, 1.807) is 20.4 Å². The predicted octanol–water partition coefficient (Wildman–Crippen LogP) is 3.01.